The predicted molar refractivity (Wildman–Crippen MR) is 153 cm³/mol. The van der Waals surface area contributed by atoms with Crippen molar-refractivity contribution in [1.82, 2.24) is 5.32 Å². The van der Waals surface area contributed by atoms with Crippen molar-refractivity contribution in [2.24, 2.45) is 4.99 Å². The highest BCUT2D eigenvalue weighted by Gasteiger charge is 2.35. The van der Waals surface area contributed by atoms with E-state index in [-0.39, 0.29) is 17.5 Å². The van der Waals surface area contributed by atoms with Gasteiger partial charge in [-0.25, -0.2) is 17.2 Å². The zero-order valence-electron chi connectivity index (χ0n) is 21.7. The molecule has 0 spiro atoms. The number of nitrogens with zero attached hydrogens (tertiary/aromatic N) is 1. The number of benzene rings is 2. The maximum Gasteiger partial charge on any atom is 0.187 e. The summed E-state index contributed by atoms with van der Waals surface area (Å²) in [4.78, 5) is 18.2. The summed E-state index contributed by atoms with van der Waals surface area (Å²) in [5.74, 6) is -1.96. The van der Waals surface area contributed by atoms with Crippen molar-refractivity contribution >= 4 is 33.8 Å². The van der Waals surface area contributed by atoms with Crippen LogP contribution >= 0.6 is 0 Å². The number of nitrogens with one attached hydrogen (secondary N) is 1. The number of allylic oxidation sites excluding steroid dienone is 6. The summed E-state index contributed by atoms with van der Waals surface area (Å²) >= 11 is 0. The summed E-state index contributed by atoms with van der Waals surface area (Å²) < 4.78 is 51.7. The molecule has 0 amide bonds. The number of rotatable bonds is 5. The smallest absolute Gasteiger partial charge is 0.187 e. The van der Waals surface area contributed by atoms with E-state index in [9.17, 15) is 17.6 Å². The lowest BCUT2D eigenvalue weighted by Crippen LogP contribution is -2.35. The average molecular weight is 557 g/mol. The van der Waals surface area contributed by atoms with Gasteiger partial charge in [-0.3, -0.25) is 9.79 Å². The van der Waals surface area contributed by atoms with Crippen LogP contribution in [0.5, 0.6) is 0 Å². The molecular formula is C32H26F2N2O3S. The molecule has 8 heteroatoms. The van der Waals surface area contributed by atoms with Gasteiger partial charge >= 0.3 is 0 Å². The van der Waals surface area contributed by atoms with Gasteiger partial charge < -0.3 is 5.32 Å². The molecule has 1 N–H and O–H groups in total. The van der Waals surface area contributed by atoms with Gasteiger partial charge in [0.15, 0.2) is 5.78 Å². The Balaban J connectivity index is 1.65. The van der Waals surface area contributed by atoms with Crippen molar-refractivity contribution in [1.29, 1.82) is 0 Å². The molecule has 2 aromatic carbocycles. The third-order valence-electron chi connectivity index (χ3n) is 7.83. The lowest BCUT2D eigenvalue weighted by molar-refractivity contribution is 0.104. The molecule has 0 saturated heterocycles. The summed E-state index contributed by atoms with van der Waals surface area (Å²) in [5.41, 5.74) is 5.58. The molecule has 0 unspecified atom stereocenters. The minimum Gasteiger partial charge on any atom is -0.360 e. The summed E-state index contributed by atoms with van der Waals surface area (Å²) in [6.07, 6.45) is 15.1. The van der Waals surface area contributed by atoms with E-state index in [4.69, 9.17) is 0 Å². The molecule has 5 nitrogen and oxygen atoms in total. The van der Waals surface area contributed by atoms with E-state index in [0.29, 0.717) is 40.5 Å². The number of hydrogen-bond donors (Lipinski definition) is 2. The highest BCUT2D eigenvalue weighted by atomic mass is 32.2. The normalized spacial score (nSPS) is 21.2. The van der Waals surface area contributed by atoms with Gasteiger partial charge in [-0.2, -0.15) is 0 Å². The monoisotopic (exact) mass is 556 g/mol. The van der Waals surface area contributed by atoms with Gasteiger partial charge in [0.1, 0.15) is 22.3 Å². The summed E-state index contributed by atoms with van der Waals surface area (Å²) in [6, 6.07) is 7.46. The van der Waals surface area contributed by atoms with Crippen molar-refractivity contribution in [2.45, 2.75) is 31.6 Å². The van der Waals surface area contributed by atoms with Crippen LogP contribution in [0.3, 0.4) is 0 Å². The minimum atomic E-state index is -2.53. The Morgan fingerprint density at radius 2 is 1.93 bits per heavy atom. The van der Waals surface area contributed by atoms with Crippen LogP contribution < -0.4 is 15.8 Å². The lowest BCUT2D eigenvalue weighted by atomic mass is 9.71. The molecule has 40 heavy (non-hydrogen) atoms. The zero-order valence-corrected chi connectivity index (χ0v) is 22.6. The highest BCUT2D eigenvalue weighted by Crippen LogP contribution is 2.45. The number of ketones is 1. The molecule has 0 bridgehead atoms. The Bertz CT molecular complexity index is 1850. The molecule has 4 aliphatic rings. The van der Waals surface area contributed by atoms with E-state index in [0.717, 1.165) is 33.6 Å². The van der Waals surface area contributed by atoms with Crippen molar-refractivity contribution in [3.63, 3.8) is 0 Å². The predicted octanol–water partition coefficient (Wildman–Crippen LogP) is 4.21. The average Bonchev–Trinajstić information content (AvgIpc) is 3.21. The first-order chi connectivity index (χ1) is 19.3. The van der Waals surface area contributed by atoms with Gasteiger partial charge in [0, 0.05) is 41.5 Å². The molecule has 3 aliphatic carbocycles. The van der Waals surface area contributed by atoms with Crippen LogP contribution in [-0.4, -0.2) is 26.2 Å². The zero-order chi connectivity index (χ0) is 28.0. The molecule has 0 aromatic heterocycles. The molecule has 0 saturated carbocycles. The molecule has 6 rings (SSSR count). The van der Waals surface area contributed by atoms with E-state index in [2.05, 4.69) is 10.3 Å². The first kappa shape index (κ1) is 26.1. The fraction of sp³-hybridized carbons (Fsp3) is 0.188. The van der Waals surface area contributed by atoms with E-state index < -0.39 is 28.3 Å². The van der Waals surface area contributed by atoms with Crippen LogP contribution in [0.4, 0.5) is 8.78 Å². The van der Waals surface area contributed by atoms with Crippen molar-refractivity contribution < 1.29 is 22.0 Å². The van der Waals surface area contributed by atoms with Crippen LogP contribution in [-0.2, 0) is 10.7 Å². The van der Waals surface area contributed by atoms with Crippen LogP contribution in [0.2, 0.25) is 0 Å². The second kappa shape index (κ2) is 10.4. The summed E-state index contributed by atoms with van der Waals surface area (Å²) in [5, 5.41) is 4.79. The van der Waals surface area contributed by atoms with E-state index in [1.165, 1.54) is 12.1 Å². The van der Waals surface area contributed by atoms with Gasteiger partial charge in [0.2, 0.25) is 0 Å². The largest absolute Gasteiger partial charge is 0.360 e. The number of carbonyl (C=O) groups is 1. The quantitative estimate of drug-likeness (QED) is 0.542. The number of fused-ring (bicyclic) bond motifs is 4. The fourth-order valence-corrected chi connectivity index (χ4v) is 6.50. The maximum atomic E-state index is 15.2. The molecule has 0 radical (unpaired) electrons. The Morgan fingerprint density at radius 3 is 2.73 bits per heavy atom. The van der Waals surface area contributed by atoms with Gasteiger partial charge in [-0.05, 0) is 69.3 Å². The molecule has 202 valence electrons. The summed E-state index contributed by atoms with van der Waals surface area (Å²) in [6.45, 7) is 2.01. The minimum absolute atomic E-state index is 0.0222. The number of carbonyl (C=O) groups excluding carboxylic acids is 1. The van der Waals surface area contributed by atoms with Crippen LogP contribution in [0.1, 0.15) is 53.1 Å². The van der Waals surface area contributed by atoms with E-state index >= 15 is 4.39 Å². The number of hydrogen-bond acceptors (Lipinski definition) is 5. The third kappa shape index (κ3) is 4.52. The summed E-state index contributed by atoms with van der Waals surface area (Å²) in [7, 11) is -2.53. The van der Waals surface area contributed by atoms with Crippen molar-refractivity contribution in [2.75, 3.05) is 5.75 Å². The fourth-order valence-electron chi connectivity index (χ4n) is 6.08. The second-order valence-corrected chi connectivity index (χ2v) is 11.3. The standard InChI is InChI=1S/C32H26F2N2O3S/c1-18-3-4-19(11-14-40(38)39)21-7-10-25-31-24(22-6-5-20(33)15-27(22)34)9-8-23(28-17-35-12-2-13-36-28)26(31)16-29(37)32(25)30(18)21/h2-8,10,12-13,15-18,24,36,40H,9,11,14H2,1H3/t18-,24+/m0/s1. The van der Waals surface area contributed by atoms with Gasteiger partial charge in [-0.1, -0.05) is 43.4 Å². The first-order valence-electron chi connectivity index (χ1n) is 13.1. The third-order valence-corrected chi connectivity index (χ3v) is 8.42. The Hall–Kier alpha value is -4.17. The van der Waals surface area contributed by atoms with Gasteiger partial charge in [0.25, 0.3) is 0 Å². The van der Waals surface area contributed by atoms with Crippen LogP contribution in [0.25, 0.3) is 11.1 Å². The van der Waals surface area contributed by atoms with E-state index in [1.54, 1.807) is 30.8 Å². The first-order valence-corrected chi connectivity index (χ1v) is 14.5. The highest BCUT2D eigenvalue weighted by molar-refractivity contribution is 7.72. The lowest BCUT2D eigenvalue weighted by Gasteiger charge is -2.33. The van der Waals surface area contributed by atoms with Crippen LogP contribution in [0.15, 0.2) is 94.9 Å². The van der Waals surface area contributed by atoms with Gasteiger partial charge in [0.05, 0.1) is 17.6 Å². The second-order valence-electron chi connectivity index (χ2n) is 10.2. The topological polar surface area (TPSA) is 75.6 Å². The molecular weight excluding hydrogens is 530 g/mol. The SMILES string of the molecule is C[C@H]1C=CC(CC[SH](=O)=O)=c2ccc3c(c21)C(=O)C=C1C(C2=CN=CC=CN2)=CC[C@H](c2ccc(F)cc2F)C=31. The number of halogens is 2. The molecule has 0 fully saturated rings. The van der Waals surface area contributed by atoms with Gasteiger partial charge in [-0.15, -0.1) is 0 Å². The number of thiol groups is 1. The number of aliphatic imine (C=N–C) groups is 1. The Morgan fingerprint density at radius 1 is 1.10 bits per heavy atom. The molecule has 2 aromatic rings. The molecule has 1 heterocycles. The van der Waals surface area contributed by atoms with Crippen molar-refractivity contribution in [3.8, 4) is 0 Å². The van der Waals surface area contributed by atoms with Crippen LogP contribution in [0, 0.1) is 11.6 Å². The van der Waals surface area contributed by atoms with E-state index in [1.807, 2.05) is 37.3 Å². The maximum absolute atomic E-state index is 15.2. The Kier molecular flexibility index (Phi) is 6.80. The Labute approximate surface area is 232 Å². The molecule has 2 atom stereocenters. The molecule has 1 aliphatic heterocycles. The van der Waals surface area contributed by atoms with Crippen molar-refractivity contribution in [3.05, 3.63) is 129 Å².